The van der Waals surface area contributed by atoms with E-state index in [4.69, 9.17) is 4.52 Å². The minimum Gasteiger partial charge on any atom is -0.338 e. The second-order valence-corrected chi connectivity index (χ2v) is 9.70. The summed E-state index contributed by atoms with van der Waals surface area (Å²) in [5.74, 6) is 1.14. The summed E-state index contributed by atoms with van der Waals surface area (Å²) in [7, 11) is -3.54. The van der Waals surface area contributed by atoms with Gasteiger partial charge in [0.25, 0.3) is 10.0 Å². The predicted octanol–water partition coefficient (Wildman–Crippen LogP) is 2.57. The molecule has 152 valence electrons. The van der Waals surface area contributed by atoms with Gasteiger partial charge >= 0.3 is 0 Å². The highest BCUT2D eigenvalue weighted by atomic mass is 32.2. The van der Waals surface area contributed by atoms with E-state index in [0.29, 0.717) is 31.3 Å². The van der Waals surface area contributed by atoms with Gasteiger partial charge < -0.3 is 9.09 Å². The number of imidazole rings is 1. The molecular weight excluding hydrogens is 390 g/mol. The topological polar surface area (TPSA) is 94.1 Å². The van der Waals surface area contributed by atoms with Crippen LogP contribution < -0.4 is 0 Å². The number of hydrogen-bond donors (Lipinski definition) is 0. The van der Waals surface area contributed by atoms with Crippen molar-refractivity contribution in [2.24, 2.45) is 0 Å². The van der Waals surface area contributed by atoms with Crippen LogP contribution in [0.3, 0.4) is 0 Å². The highest BCUT2D eigenvalue weighted by molar-refractivity contribution is 7.89. The van der Waals surface area contributed by atoms with Gasteiger partial charge in [-0.3, -0.25) is 0 Å². The Morgan fingerprint density at radius 2 is 1.83 bits per heavy atom. The summed E-state index contributed by atoms with van der Waals surface area (Å²) >= 11 is 0. The van der Waals surface area contributed by atoms with E-state index >= 15 is 0 Å². The Morgan fingerprint density at radius 1 is 1.07 bits per heavy atom. The first-order valence-electron chi connectivity index (χ1n) is 9.98. The summed E-state index contributed by atoms with van der Waals surface area (Å²) < 4.78 is 34.3. The quantitative estimate of drug-likeness (QED) is 0.616. The van der Waals surface area contributed by atoms with Gasteiger partial charge in [-0.1, -0.05) is 41.9 Å². The lowest BCUT2D eigenvalue weighted by atomic mass is 9.96. The van der Waals surface area contributed by atoms with Gasteiger partial charge in [0.2, 0.25) is 5.89 Å². The van der Waals surface area contributed by atoms with Gasteiger partial charge in [0.05, 0.1) is 18.3 Å². The van der Waals surface area contributed by atoms with Gasteiger partial charge in [-0.25, -0.2) is 13.4 Å². The number of aromatic nitrogens is 4. The Labute approximate surface area is 169 Å². The summed E-state index contributed by atoms with van der Waals surface area (Å²) in [4.78, 5) is 8.71. The molecule has 3 aromatic rings. The maximum Gasteiger partial charge on any atom is 0.262 e. The van der Waals surface area contributed by atoms with Gasteiger partial charge in [-0.05, 0) is 31.2 Å². The molecule has 3 heterocycles. The summed E-state index contributed by atoms with van der Waals surface area (Å²) in [5.41, 5.74) is 1.01. The van der Waals surface area contributed by atoms with E-state index in [1.54, 1.807) is 10.8 Å². The largest absolute Gasteiger partial charge is 0.338 e. The molecule has 1 saturated heterocycles. The molecule has 1 aromatic carbocycles. The van der Waals surface area contributed by atoms with E-state index in [2.05, 4.69) is 27.3 Å². The van der Waals surface area contributed by atoms with Crippen LogP contribution in [0.2, 0.25) is 0 Å². The minimum absolute atomic E-state index is 0.0751. The first-order chi connectivity index (χ1) is 14.1. The molecule has 0 atom stereocenters. The molecule has 2 aromatic heterocycles. The zero-order chi connectivity index (χ0) is 19.9. The number of nitrogens with zero attached hydrogens (tertiary/aromatic N) is 5. The lowest BCUT2D eigenvalue weighted by molar-refractivity contribution is 0.345. The van der Waals surface area contributed by atoms with Gasteiger partial charge in [-0.15, -0.1) is 0 Å². The molecule has 1 saturated carbocycles. The SMILES string of the molecule is O=S(=O)(c1cn(Cc2noc(C3(c4ccccc4)CC3)n2)cn1)N1CCCCC1. The van der Waals surface area contributed by atoms with E-state index in [0.717, 1.165) is 32.1 Å². The zero-order valence-corrected chi connectivity index (χ0v) is 16.9. The first kappa shape index (κ1) is 18.5. The average molecular weight is 414 g/mol. The second kappa shape index (κ2) is 7.07. The highest BCUT2D eigenvalue weighted by Crippen LogP contribution is 2.52. The van der Waals surface area contributed by atoms with Crippen LogP contribution in [0.25, 0.3) is 0 Å². The predicted molar refractivity (Wildman–Crippen MR) is 105 cm³/mol. The summed E-state index contributed by atoms with van der Waals surface area (Å²) in [6.45, 7) is 1.44. The molecule has 0 N–H and O–H groups in total. The second-order valence-electron chi connectivity index (χ2n) is 7.81. The Bertz CT molecular complexity index is 1100. The molecule has 1 aliphatic heterocycles. The molecule has 2 aliphatic rings. The summed E-state index contributed by atoms with van der Waals surface area (Å²) in [6.07, 6.45) is 7.90. The van der Waals surface area contributed by atoms with E-state index < -0.39 is 10.0 Å². The van der Waals surface area contributed by atoms with Crippen LogP contribution in [0.15, 0.2) is 52.4 Å². The van der Waals surface area contributed by atoms with Crippen molar-refractivity contribution in [1.82, 2.24) is 24.0 Å². The Hall–Kier alpha value is -2.52. The molecule has 1 aliphatic carbocycles. The third kappa shape index (κ3) is 3.38. The number of piperidine rings is 1. The maximum atomic E-state index is 12.8. The van der Waals surface area contributed by atoms with Crippen molar-refractivity contribution in [2.45, 2.75) is 49.1 Å². The van der Waals surface area contributed by atoms with Crippen molar-refractivity contribution in [3.63, 3.8) is 0 Å². The molecule has 5 rings (SSSR count). The van der Waals surface area contributed by atoms with Crippen LogP contribution >= 0.6 is 0 Å². The van der Waals surface area contributed by atoms with Crippen LogP contribution in [0.4, 0.5) is 0 Å². The monoisotopic (exact) mass is 413 g/mol. The molecule has 0 unspecified atom stereocenters. The van der Waals surface area contributed by atoms with Crippen molar-refractivity contribution in [3.8, 4) is 0 Å². The fourth-order valence-corrected chi connectivity index (χ4v) is 5.43. The van der Waals surface area contributed by atoms with Gasteiger partial charge in [-0.2, -0.15) is 9.29 Å². The Balaban J connectivity index is 1.33. The van der Waals surface area contributed by atoms with E-state index in [9.17, 15) is 8.42 Å². The van der Waals surface area contributed by atoms with Crippen LogP contribution in [0.1, 0.15) is 49.4 Å². The highest BCUT2D eigenvalue weighted by Gasteiger charge is 2.50. The molecule has 8 nitrogen and oxygen atoms in total. The third-order valence-corrected chi connectivity index (χ3v) is 7.59. The molecule has 0 bridgehead atoms. The summed E-state index contributed by atoms with van der Waals surface area (Å²) in [5, 5.41) is 4.19. The summed E-state index contributed by atoms with van der Waals surface area (Å²) in [6, 6.07) is 10.2. The molecule has 29 heavy (non-hydrogen) atoms. The Morgan fingerprint density at radius 3 is 2.55 bits per heavy atom. The van der Waals surface area contributed by atoms with Crippen molar-refractivity contribution < 1.29 is 12.9 Å². The number of benzene rings is 1. The molecule has 0 amide bonds. The van der Waals surface area contributed by atoms with Gasteiger partial charge in [0.1, 0.15) is 0 Å². The lowest BCUT2D eigenvalue weighted by Crippen LogP contribution is -2.35. The van der Waals surface area contributed by atoms with Gasteiger partial charge in [0, 0.05) is 19.3 Å². The van der Waals surface area contributed by atoms with Crippen LogP contribution in [-0.4, -0.2) is 45.5 Å². The van der Waals surface area contributed by atoms with Gasteiger partial charge in [0.15, 0.2) is 10.9 Å². The number of rotatable bonds is 6. The number of sulfonamides is 1. The molecule has 2 fully saturated rings. The maximum absolute atomic E-state index is 12.8. The molecule has 0 spiro atoms. The van der Waals surface area contributed by atoms with Crippen LogP contribution in [0.5, 0.6) is 0 Å². The first-order valence-corrected chi connectivity index (χ1v) is 11.4. The fourth-order valence-electron chi connectivity index (χ4n) is 3.98. The molecule has 0 radical (unpaired) electrons. The van der Waals surface area contributed by atoms with E-state index in [1.807, 2.05) is 18.2 Å². The van der Waals surface area contributed by atoms with E-state index in [-0.39, 0.29) is 10.4 Å². The van der Waals surface area contributed by atoms with Crippen LogP contribution in [-0.2, 0) is 22.0 Å². The zero-order valence-electron chi connectivity index (χ0n) is 16.1. The standard InChI is InChI=1S/C20H23N5O3S/c26-29(27,25-11-5-2-6-12-25)18-14-24(15-21-18)13-17-22-19(28-23-17)20(9-10-20)16-7-3-1-4-8-16/h1,3-4,7-8,14-15H,2,5-6,9-13H2. The average Bonchev–Trinajstić information content (AvgIpc) is 3.19. The molecular formula is C20H23N5O3S. The fraction of sp³-hybridized carbons (Fsp3) is 0.450. The minimum atomic E-state index is -3.54. The Kier molecular flexibility index (Phi) is 4.51. The third-order valence-electron chi connectivity index (χ3n) is 5.81. The van der Waals surface area contributed by atoms with Crippen molar-refractivity contribution in [2.75, 3.05) is 13.1 Å². The normalized spacial score (nSPS) is 19.3. The lowest BCUT2D eigenvalue weighted by Gasteiger charge is -2.24. The molecule has 9 heteroatoms. The smallest absolute Gasteiger partial charge is 0.262 e. The van der Waals surface area contributed by atoms with Crippen LogP contribution in [0, 0.1) is 0 Å². The van der Waals surface area contributed by atoms with Crippen molar-refractivity contribution >= 4 is 10.0 Å². The van der Waals surface area contributed by atoms with Crippen molar-refractivity contribution in [3.05, 3.63) is 60.1 Å². The van der Waals surface area contributed by atoms with Crippen molar-refractivity contribution in [1.29, 1.82) is 0 Å². The number of hydrogen-bond acceptors (Lipinski definition) is 6. The van der Waals surface area contributed by atoms with E-state index in [1.165, 1.54) is 16.2 Å².